The van der Waals surface area contributed by atoms with Crippen LogP contribution in [0.5, 0.6) is 0 Å². The van der Waals surface area contributed by atoms with Gasteiger partial charge in [-0.1, -0.05) is 6.07 Å². The van der Waals surface area contributed by atoms with Crippen LogP contribution in [-0.4, -0.2) is 55.0 Å². The summed E-state index contributed by atoms with van der Waals surface area (Å²) in [5.74, 6) is -1.43. The van der Waals surface area contributed by atoms with Gasteiger partial charge in [0.25, 0.3) is 0 Å². The highest BCUT2D eigenvalue weighted by Gasteiger charge is 2.32. The first-order valence-electron chi connectivity index (χ1n) is 9.79. The molecule has 2 aromatic carbocycles. The van der Waals surface area contributed by atoms with Crippen molar-refractivity contribution in [3.63, 3.8) is 0 Å². The minimum Gasteiger partial charge on any atom is -0.477 e. The highest BCUT2D eigenvalue weighted by Crippen LogP contribution is 2.32. The van der Waals surface area contributed by atoms with E-state index in [9.17, 15) is 31.2 Å². The topological polar surface area (TPSA) is 111 Å². The number of hydrogen-bond acceptors (Lipinski definition) is 5. The number of fused-ring (bicyclic) bond motifs is 1. The third-order valence-electron chi connectivity index (χ3n) is 5.50. The lowest BCUT2D eigenvalue weighted by molar-refractivity contribution is -0.137. The predicted octanol–water partition coefficient (Wildman–Crippen LogP) is 2.76. The number of benzene rings is 2. The summed E-state index contributed by atoms with van der Waals surface area (Å²) < 4.78 is 66.4. The summed E-state index contributed by atoms with van der Waals surface area (Å²) in [6, 6.07) is 8.67. The van der Waals surface area contributed by atoms with Crippen molar-refractivity contribution in [3.05, 3.63) is 70.0 Å². The van der Waals surface area contributed by atoms with Crippen LogP contribution in [0.4, 0.5) is 18.9 Å². The van der Waals surface area contributed by atoms with Crippen molar-refractivity contribution in [2.24, 2.45) is 0 Å². The van der Waals surface area contributed by atoms with Gasteiger partial charge in [0.15, 0.2) is 0 Å². The van der Waals surface area contributed by atoms with E-state index in [2.05, 4.69) is 4.98 Å². The number of aromatic carboxylic acids is 1. The van der Waals surface area contributed by atoms with Crippen LogP contribution in [0.3, 0.4) is 0 Å². The van der Waals surface area contributed by atoms with Gasteiger partial charge in [0.1, 0.15) is 5.56 Å². The van der Waals surface area contributed by atoms with Crippen LogP contribution in [-0.2, 0) is 16.2 Å². The molecule has 1 saturated heterocycles. The first kappa shape index (κ1) is 22.8. The average molecular weight is 481 g/mol. The number of anilines is 1. The molecule has 1 aliphatic rings. The molecular weight excluding hydrogens is 463 g/mol. The van der Waals surface area contributed by atoms with Gasteiger partial charge in [-0.2, -0.15) is 17.5 Å². The molecule has 0 saturated carbocycles. The molecule has 3 aromatic rings. The largest absolute Gasteiger partial charge is 0.477 e. The SMILES string of the molecule is O=C(O)c1c[nH]c2ccc(S(=O)(=O)N3CCN(c4cccc(C(F)(F)F)c4)CC3)cc2c1=O. The monoisotopic (exact) mass is 481 g/mol. The van der Waals surface area contributed by atoms with Crippen LogP contribution >= 0.6 is 0 Å². The molecular formula is C21H18F3N3O5S. The van der Waals surface area contributed by atoms with Crippen LogP contribution in [0.15, 0.2) is 58.4 Å². The molecule has 33 heavy (non-hydrogen) atoms. The van der Waals surface area contributed by atoms with Crippen molar-refractivity contribution in [2.75, 3.05) is 31.1 Å². The Bertz CT molecular complexity index is 1390. The maximum absolute atomic E-state index is 13.1. The molecule has 1 aromatic heterocycles. The number of alkyl halides is 3. The molecule has 0 unspecified atom stereocenters. The first-order chi connectivity index (χ1) is 15.5. The predicted molar refractivity (Wildman–Crippen MR) is 114 cm³/mol. The number of carboxylic acids is 1. The van der Waals surface area contributed by atoms with E-state index in [1.807, 2.05) is 0 Å². The number of H-pyrrole nitrogens is 1. The van der Waals surface area contributed by atoms with E-state index in [-0.39, 0.29) is 36.5 Å². The van der Waals surface area contributed by atoms with Gasteiger partial charge < -0.3 is 15.0 Å². The molecule has 2 heterocycles. The van der Waals surface area contributed by atoms with Crippen molar-refractivity contribution in [2.45, 2.75) is 11.1 Å². The molecule has 2 N–H and O–H groups in total. The quantitative estimate of drug-likeness (QED) is 0.593. The summed E-state index contributed by atoms with van der Waals surface area (Å²) in [6.45, 7) is 0.417. The second-order valence-corrected chi connectivity index (χ2v) is 9.42. The van der Waals surface area contributed by atoms with Crippen LogP contribution in [0, 0.1) is 0 Å². The van der Waals surface area contributed by atoms with Crippen molar-refractivity contribution >= 4 is 32.6 Å². The van der Waals surface area contributed by atoms with Gasteiger partial charge in [-0.3, -0.25) is 4.79 Å². The zero-order valence-electron chi connectivity index (χ0n) is 17.0. The fraction of sp³-hybridized carbons (Fsp3) is 0.238. The summed E-state index contributed by atoms with van der Waals surface area (Å²) in [4.78, 5) is 27.8. The van der Waals surface area contributed by atoms with E-state index in [4.69, 9.17) is 5.11 Å². The number of rotatable bonds is 4. The van der Waals surface area contributed by atoms with E-state index in [1.165, 1.54) is 28.6 Å². The van der Waals surface area contributed by atoms with Gasteiger partial charge in [0.2, 0.25) is 15.5 Å². The zero-order valence-corrected chi connectivity index (χ0v) is 17.8. The number of piperazine rings is 1. The number of nitrogens with one attached hydrogen (secondary N) is 1. The van der Waals surface area contributed by atoms with E-state index >= 15 is 0 Å². The second kappa shape index (κ2) is 8.19. The Hall–Kier alpha value is -3.38. The van der Waals surface area contributed by atoms with E-state index in [0.717, 1.165) is 24.4 Å². The smallest absolute Gasteiger partial charge is 0.416 e. The molecule has 8 nitrogen and oxygen atoms in total. The lowest BCUT2D eigenvalue weighted by atomic mass is 10.1. The lowest BCUT2D eigenvalue weighted by Gasteiger charge is -2.35. The number of nitrogens with zero attached hydrogens (tertiary/aromatic N) is 2. The van der Waals surface area contributed by atoms with Gasteiger partial charge in [-0.25, -0.2) is 13.2 Å². The number of carbonyl (C=O) groups is 1. The maximum Gasteiger partial charge on any atom is 0.416 e. The minimum atomic E-state index is -4.48. The molecule has 1 aliphatic heterocycles. The number of sulfonamides is 1. The third kappa shape index (κ3) is 4.31. The Morgan fingerprint density at radius 2 is 1.73 bits per heavy atom. The highest BCUT2D eigenvalue weighted by molar-refractivity contribution is 7.89. The summed E-state index contributed by atoms with van der Waals surface area (Å²) in [7, 11) is -4.01. The summed E-state index contributed by atoms with van der Waals surface area (Å²) >= 11 is 0. The molecule has 1 fully saturated rings. The average Bonchev–Trinajstić information content (AvgIpc) is 2.78. The molecule has 0 aliphatic carbocycles. The molecule has 0 spiro atoms. The Balaban J connectivity index is 1.57. The van der Waals surface area contributed by atoms with Crippen LogP contribution in [0.2, 0.25) is 0 Å². The van der Waals surface area contributed by atoms with Crippen LogP contribution in [0.25, 0.3) is 10.9 Å². The van der Waals surface area contributed by atoms with Crippen molar-refractivity contribution in [1.29, 1.82) is 0 Å². The maximum atomic E-state index is 13.1. The summed E-state index contributed by atoms with van der Waals surface area (Å²) in [5, 5.41) is 9.05. The molecule has 0 atom stereocenters. The van der Waals surface area contributed by atoms with Gasteiger partial charge in [0, 0.05) is 49.0 Å². The number of aromatic amines is 1. The number of hydrogen-bond donors (Lipinski definition) is 2. The van der Waals surface area contributed by atoms with Gasteiger partial charge >= 0.3 is 12.1 Å². The standard InChI is InChI=1S/C21H18F3N3O5S/c22-21(23,24)13-2-1-3-14(10-13)26-6-8-27(9-7-26)33(31,32)15-4-5-18-16(11-15)19(28)17(12-25-18)20(29)30/h1-5,10-12H,6-9H2,(H,25,28)(H,29,30). The van der Waals surface area contributed by atoms with Crippen molar-refractivity contribution in [3.8, 4) is 0 Å². The summed E-state index contributed by atoms with van der Waals surface area (Å²) in [5.41, 5.74) is -1.45. The van der Waals surface area contributed by atoms with Crippen LogP contribution in [0.1, 0.15) is 15.9 Å². The van der Waals surface area contributed by atoms with E-state index in [1.54, 1.807) is 4.90 Å². The van der Waals surface area contributed by atoms with Gasteiger partial charge in [-0.05, 0) is 36.4 Å². The fourth-order valence-corrected chi connectivity index (χ4v) is 5.18. The third-order valence-corrected chi connectivity index (χ3v) is 7.39. The number of carboxylic acid groups (broad SMARTS) is 1. The molecule has 0 radical (unpaired) electrons. The second-order valence-electron chi connectivity index (χ2n) is 7.48. The molecule has 0 amide bonds. The Morgan fingerprint density at radius 3 is 2.36 bits per heavy atom. The Labute approximate surface area is 185 Å². The Morgan fingerprint density at radius 1 is 1.03 bits per heavy atom. The van der Waals surface area contributed by atoms with Gasteiger partial charge in [0.05, 0.1) is 10.5 Å². The van der Waals surface area contributed by atoms with Crippen molar-refractivity contribution < 1.29 is 31.5 Å². The lowest BCUT2D eigenvalue weighted by Crippen LogP contribution is -2.48. The molecule has 174 valence electrons. The minimum absolute atomic E-state index is 0.0299. The zero-order chi connectivity index (χ0) is 24.0. The highest BCUT2D eigenvalue weighted by atomic mass is 32.2. The molecule has 4 rings (SSSR count). The normalized spacial score (nSPS) is 15.7. The number of halogens is 3. The van der Waals surface area contributed by atoms with E-state index in [0.29, 0.717) is 11.2 Å². The molecule has 12 heteroatoms. The summed E-state index contributed by atoms with van der Waals surface area (Å²) in [6.07, 6.45) is -3.43. The van der Waals surface area contributed by atoms with Crippen LogP contribution < -0.4 is 10.3 Å². The van der Waals surface area contributed by atoms with Gasteiger partial charge in [-0.15, -0.1) is 0 Å². The van der Waals surface area contributed by atoms with Crippen molar-refractivity contribution in [1.82, 2.24) is 9.29 Å². The molecule has 0 bridgehead atoms. The van der Waals surface area contributed by atoms with E-state index < -0.39 is 38.7 Å². The Kier molecular flexibility index (Phi) is 5.66. The first-order valence-corrected chi connectivity index (χ1v) is 11.2. The number of aromatic nitrogens is 1. The number of pyridine rings is 1. The fourth-order valence-electron chi connectivity index (χ4n) is 3.73.